The third kappa shape index (κ3) is 1.63. The highest BCUT2D eigenvalue weighted by Gasteiger charge is 2.06. The Hall–Kier alpha value is -1.35. The van der Waals surface area contributed by atoms with Crippen LogP contribution in [0.25, 0.3) is 11.0 Å². The minimum absolute atomic E-state index is 0.204. The molecule has 0 unspecified atom stereocenters. The molecule has 0 atom stereocenters. The Balaban J connectivity index is 2.44. The topological polar surface area (TPSA) is 25.2 Å². The van der Waals surface area contributed by atoms with Crippen molar-refractivity contribution in [1.82, 2.24) is 5.32 Å². The van der Waals surface area contributed by atoms with Crippen LogP contribution in [0.4, 0.5) is 4.39 Å². The van der Waals surface area contributed by atoms with Crippen molar-refractivity contribution in [2.45, 2.75) is 6.42 Å². The van der Waals surface area contributed by atoms with Crippen molar-refractivity contribution in [2.24, 2.45) is 0 Å². The minimum atomic E-state index is -0.204. The maximum absolute atomic E-state index is 13.1. The molecule has 3 heteroatoms. The second kappa shape index (κ2) is 3.80. The zero-order valence-electron chi connectivity index (χ0n) is 8.01. The van der Waals surface area contributed by atoms with Gasteiger partial charge in [-0.25, -0.2) is 4.39 Å². The number of hydrogen-bond donors (Lipinski definition) is 1. The van der Waals surface area contributed by atoms with E-state index in [1.807, 2.05) is 7.05 Å². The third-order valence-electron chi connectivity index (χ3n) is 2.24. The van der Waals surface area contributed by atoms with Crippen LogP contribution in [-0.4, -0.2) is 13.6 Å². The summed E-state index contributed by atoms with van der Waals surface area (Å²) in [7, 11) is 1.87. The van der Waals surface area contributed by atoms with Gasteiger partial charge in [-0.3, -0.25) is 0 Å². The zero-order valence-corrected chi connectivity index (χ0v) is 8.01. The summed E-state index contributed by atoms with van der Waals surface area (Å²) in [5.74, 6) is -0.204. The van der Waals surface area contributed by atoms with Crippen LogP contribution in [0, 0.1) is 5.82 Å². The number of hydrogen-bond acceptors (Lipinski definition) is 2. The highest BCUT2D eigenvalue weighted by atomic mass is 19.1. The summed E-state index contributed by atoms with van der Waals surface area (Å²) >= 11 is 0. The first-order valence-electron chi connectivity index (χ1n) is 4.61. The number of rotatable bonds is 3. The van der Waals surface area contributed by atoms with Crippen molar-refractivity contribution in [2.75, 3.05) is 13.6 Å². The van der Waals surface area contributed by atoms with E-state index in [9.17, 15) is 4.39 Å². The van der Waals surface area contributed by atoms with Crippen molar-refractivity contribution < 1.29 is 8.81 Å². The van der Waals surface area contributed by atoms with Gasteiger partial charge in [0.15, 0.2) is 0 Å². The fourth-order valence-electron chi connectivity index (χ4n) is 1.56. The van der Waals surface area contributed by atoms with Crippen LogP contribution in [0.1, 0.15) is 5.56 Å². The lowest BCUT2D eigenvalue weighted by Crippen LogP contribution is -2.10. The normalized spacial score (nSPS) is 11.0. The highest BCUT2D eigenvalue weighted by Crippen LogP contribution is 2.21. The lowest BCUT2D eigenvalue weighted by atomic mass is 10.1. The Labute approximate surface area is 81.7 Å². The Morgan fingerprint density at radius 2 is 2.29 bits per heavy atom. The van der Waals surface area contributed by atoms with Crippen molar-refractivity contribution in [3.63, 3.8) is 0 Å². The first kappa shape index (κ1) is 9.21. The Morgan fingerprint density at radius 1 is 1.43 bits per heavy atom. The van der Waals surface area contributed by atoms with Gasteiger partial charge in [0.1, 0.15) is 11.4 Å². The average Bonchev–Trinajstić information content (AvgIpc) is 2.61. The first-order chi connectivity index (χ1) is 6.81. The number of halogens is 1. The van der Waals surface area contributed by atoms with Gasteiger partial charge in [0.25, 0.3) is 0 Å². The van der Waals surface area contributed by atoms with Crippen LogP contribution in [0.15, 0.2) is 28.9 Å². The van der Waals surface area contributed by atoms with Gasteiger partial charge in [-0.15, -0.1) is 0 Å². The Morgan fingerprint density at radius 3 is 3.07 bits per heavy atom. The van der Waals surface area contributed by atoms with Gasteiger partial charge < -0.3 is 9.73 Å². The second-order valence-corrected chi connectivity index (χ2v) is 3.26. The van der Waals surface area contributed by atoms with Gasteiger partial charge in [-0.05, 0) is 43.8 Å². The van der Waals surface area contributed by atoms with Gasteiger partial charge in [0.05, 0.1) is 6.26 Å². The molecule has 0 saturated heterocycles. The van der Waals surface area contributed by atoms with Gasteiger partial charge in [0, 0.05) is 5.39 Å². The summed E-state index contributed by atoms with van der Waals surface area (Å²) in [4.78, 5) is 0. The zero-order chi connectivity index (χ0) is 9.97. The fraction of sp³-hybridized carbons (Fsp3) is 0.273. The Bertz CT molecular complexity index is 436. The molecule has 2 rings (SSSR count). The van der Waals surface area contributed by atoms with Crippen LogP contribution in [-0.2, 0) is 6.42 Å². The number of nitrogens with one attached hydrogen (secondary N) is 1. The predicted octanol–water partition coefficient (Wildman–Crippen LogP) is 2.33. The molecule has 0 amide bonds. The molecule has 0 aliphatic carbocycles. The molecule has 0 aliphatic rings. The van der Waals surface area contributed by atoms with E-state index in [-0.39, 0.29) is 5.82 Å². The second-order valence-electron chi connectivity index (χ2n) is 3.26. The Kier molecular flexibility index (Phi) is 2.50. The smallest absolute Gasteiger partial charge is 0.137 e. The summed E-state index contributed by atoms with van der Waals surface area (Å²) in [6.07, 6.45) is 2.37. The van der Waals surface area contributed by atoms with E-state index in [0.717, 1.165) is 29.5 Å². The molecule has 0 saturated carbocycles. The summed E-state index contributed by atoms with van der Waals surface area (Å²) in [5, 5.41) is 3.86. The largest absolute Gasteiger partial charge is 0.464 e. The quantitative estimate of drug-likeness (QED) is 0.809. The average molecular weight is 193 g/mol. The van der Waals surface area contributed by atoms with Crippen LogP contribution in [0.5, 0.6) is 0 Å². The number of furan rings is 1. The molecule has 0 spiro atoms. The van der Waals surface area contributed by atoms with Crippen LogP contribution in [0.2, 0.25) is 0 Å². The monoisotopic (exact) mass is 193 g/mol. The van der Waals surface area contributed by atoms with Gasteiger partial charge in [-0.1, -0.05) is 0 Å². The SMILES string of the molecule is CNCCc1cc(F)cc2ccoc12. The van der Waals surface area contributed by atoms with E-state index in [1.54, 1.807) is 12.3 Å². The van der Waals surface area contributed by atoms with E-state index < -0.39 is 0 Å². The molecular weight excluding hydrogens is 181 g/mol. The minimum Gasteiger partial charge on any atom is -0.464 e. The van der Waals surface area contributed by atoms with Crippen molar-refractivity contribution >= 4 is 11.0 Å². The van der Waals surface area contributed by atoms with E-state index in [4.69, 9.17) is 4.42 Å². The molecule has 0 bridgehead atoms. The van der Waals surface area contributed by atoms with E-state index in [2.05, 4.69) is 5.32 Å². The molecule has 1 heterocycles. The highest BCUT2D eigenvalue weighted by molar-refractivity contribution is 5.80. The molecule has 0 aliphatic heterocycles. The lowest BCUT2D eigenvalue weighted by molar-refractivity contribution is 0.601. The molecule has 1 aromatic carbocycles. The number of benzene rings is 1. The summed E-state index contributed by atoms with van der Waals surface area (Å²) in [6.45, 7) is 0.819. The molecule has 2 nitrogen and oxygen atoms in total. The van der Waals surface area contributed by atoms with Crippen molar-refractivity contribution in [3.8, 4) is 0 Å². The molecule has 14 heavy (non-hydrogen) atoms. The van der Waals surface area contributed by atoms with Crippen LogP contribution < -0.4 is 5.32 Å². The van der Waals surface area contributed by atoms with Crippen molar-refractivity contribution in [3.05, 3.63) is 35.8 Å². The lowest BCUT2D eigenvalue weighted by Gasteiger charge is -2.02. The molecule has 1 aromatic heterocycles. The molecular formula is C11H12FNO. The first-order valence-corrected chi connectivity index (χ1v) is 4.61. The van der Waals surface area contributed by atoms with E-state index in [1.165, 1.54) is 12.1 Å². The standard InChI is InChI=1S/C11H12FNO/c1-13-4-2-8-6-10(12)7-9-3-5-14-11(8)9/h3,5-7,13H,2,4H2,1H3. The van der Waals surface area contributed by atoms with Gasteiger partial charge in [0.2, 0.25) is 0 Å². The molecule has 0 radical (unpaired) electrons. The van der Waals surface area contributed by atoms with Gasteiger partial charge >= 0.3 is 0 Å². The number of likely N-dealkylation sites (N-methyl/N-ethyl adjacent to an activating group) is 1. The molecule has 0 fully saturated rings. The fourth-order valence-corrected chi connectivity index (χ4v) is 1.56. The summed E-state index contributed by atoms with van der Waals surface area (Å²) in [6, 6.07) is 4.80. The van der Waals surface area contributed by atoms with Crippen LogP contribution >= 0.6 is 0 Å². The summed E-state index contributed by atoms with van der Waals surface area (Å²) in [5.41, 5.74) is 1.71. The summed E-state index contributed by atoms with van der Waals surface area (Å²) < 4.78 is 18.4. The van der Waals surface area contributed by atoms with Gasteiger partial charge in [-0.2, -0.15) is 0 Å². The molecule has 74 valence electrons. The number of fused-ring (bicyclic) bond motifs is 1. The van der Waals surface area contributed by atoms with E-state index in [0.29, 0.717) is 0 Å². The predicted molar refractivity (Wildman–Crippen MR) is 53.8 cm³/mol. The molecule has 2 aromatic rings. The van der Waals surface area contributed by atoms with Crippen LogP contribution in [0.3, 0.4) is 0 Å². The maximum atomic E-state index is 13.1. The van der Waals surface area contributed by atoms with Crippen molar-refractivity contribution in [1.29, 1.82) is 0 Å². The molecule has 1 N–H and O–H groups in total. The maximum Gasteiger partial charge on any atom is 0.137 e. The van der Waals surface area contributed by atoms with E-state index >= 15 is 0 Å². The third-order valence-corrected chi connectivity index (χ3v) is 2.24.